The Hall–Kier alpha value is -1.77. The predicted octanol–water partition coefficient (Wildman–Crippen LogP) is 2.20. The Morgan fingerprint density at radius 3 is 2.75 bits per heavy atom. The van der Waals surface area contributed by atoms with E-state index in [1.165, 1.54) is 10.9 Å². The van der Waals surface area contributed by atoms with Crippen molar-refractivity contribution in [3.8, 4) is 0 Å². The van der Waals surface area contributed by atoms with E-state index in [0.717, 1.165) is 5.69 Å². The summed E-state index contributed by atoms with van der Waals surface area (Å²) in [6.45, 7) is 2.07. The number of anilines is 1. The lowest BCUT2D eigenvalue weighted by molar-refractivity contribution is -0.115. The minimum absolute atomic E-state index is 0.176. The number of para-hydroxylation sites is 1. The molecule has 2 aromatic rings. The van der Waals surface area contributed by atoms with Gasteiger partial charge >= 0.3 is 0 Å². The molecule has 0 unspecified atom stereocenters. The van der Waals surface area contributed by atoms with Crippen LogP contribution in [-0.2, 0) is 11.8 Å². The summed E-state index contributed by atoms with van der Waals surface area (Å²) in [5.74, 6) is 0.176. The lowest BCUT2D eigenvalue weighted by atomic mass is 10.2. The minimum Gasteiger partial charge on any atom is -0.366 e. The summed E-state index contributed by atoms with van der Waals surface area (Å²) in [6.07, 6.45) is 2.06. The lowest BCUT2D eigenvalue weighted by Gasteiger charge is -2.16. The predicted molar refractivity (Wildman–Crippen MR) is 66.9 cm³/mol. The van der Waals surface area contributed by atoms with Crippen LogP contribution >= 0.6 is 0 Å². The van der Waals surface area contributed by atoms with Crippen molar-refractivity contribution in [2.45, 2.75) is 6.92 Å². The fraction of sp³-hybridized carbons (Fsp3) is 0.308. The summed E-state index contributed by atoms with van der Waals surface area (Å²) in [4.78, 5) is 13.1. The van der Waals surface area contributed by atoms with E-state index >= 15 is 0 Å². The number of likely N-dealkylation sites (N-methyl/N-ethyl adjacent to an activating group) is 1. The maximum absolute atomic E-state index is 11.1. The summed E-state index contributed by atoms with van der Waals surface area (Å²) >= 11 is 0. The molecule has 0 aliphatic carbocycles. The number of fused-ring (bicyclic) bond motifs is 1. The number of Topliss-reactive ketones (excluding diaryl/α,β-unsaturated/α-hetero) is 1. The summed E-state index contributed by atoms with van der Waals surface area (Å²) in [7, 11) is 3.97. The summed E-state index contributed by atoms with van der Waals surface area (Å²) in [5, 5.41) is 1.19. The Bertz CT molecular complexity index is 528. The van der Waals surface area contributed by atoms with E-state index in [4.69, 9.17) is 0 Å². The molecule has 0 radical (unpaired) electrons. The van der Waals surface area contributed by atoms with Crippen LogP contribution in [0, 0.1) is 0 Å². The molecule has 0 atom stereocenters. The summed E-state index contributed by atoms with van der Waals surface area (Å²) in [5.41, 5.74) is 2.29. The highest BCUT2D eigenvalue weighted by Gasteiger charge is 2.10. The van der Waals surface area contributed by atoms with Crippen LogP contribution < -0.4 is 4.90 Å². The molecule has 3 heteroatoms. The number of carbonyl (C=O) groups excluding carboxylic acids is 1. The Kier molecular flexibility index (Phi) is 2.69. The standard InChI is InChI=1S/C13H16N2O/c1-10(16)8-14(2)13-9-15(3)12-7-5-4-6-11(12)13/h4-7,9H,8H2,1-3H3. The van der Waals surface area contributed by atoms with Gasteiger partial charge in [-0.2, -0.15) is 0 Å². The first-order valence-electron chi connectivity index (χ1n) is 5.34. The lowest BCUT2D eigenvalue weighted by Crippen LogP contribution is -2.23. The van der Waals surface area contributed by atoms with E-state index in [2.05, 4.69) is 22.9 Å². The number of aryl methyl sites for hydroxylation is 1. The van der Waals surface area contributed by atoms with Crippen LogP contribution in [-0.4, -0.2) is 23.9 Å². The van der Waals surface area contributed by atoms with E-state index in [-0.39, 0.29) is 5.78 Å². The molecular weight excluding hydrogens is 200 g/mol. The zero-order valence-electron chi connectivity index (χ0n) is 9.90. The van der Waals surface area contributed by atoms with Gasteiger partial charge in [0.1, 0.15) is 5.78 Å². The number of hydrogen-bond donors (Lipinski definition) is 0. The van der Waals surface area contributed by atoms with Gasteiger partial charge in [0.15, 0.2) is 0 Å². The first-order chi connectivity index (χ1) is 7.59. The van der Waals surface area contributed by atoms with Gasteiger partial charge in [-0.15, -0.1) is 0 Å². The van der Waals surface area contributed by atoms with Crippen LogP contribution in [0.25, 0.3) is 10.9 Å². The quantitative estimate of drug-likeness (QED) is 0.786. The first-order valence-corrected chi connectivity index (χ1v) is 5.34. The van der Waals surface area contributed by atoms with Gasteiger partial charge < -0.3 is 9.47 Å². The molecule has 0 N–H and O–H groups in total. The monoisotopic (exact) mass is 216 g/mol. The molecule has 2 rings (SSSR count). The van der Waals surface area contributed by atoms with E-state index < -0.39 is 0 Å². The molecular formula is C13H16N2O. The molecule has 84 valence electrons. The van der Waals surface area contributed by atoms with Crippen LogP contribution in [0.2, 0.25) is 0 Å². The molecule has 0 spiro atoms. The average Bonchev–Trinajstić information content (AvgIpc) is 2.56. The second kappa shape index (κ2) is 4.00. The van der Waals surface area contributed by atoms with E-state index in [1.54, 1.807) is 6.92 Å². The maximum atomic E-state index is 11.1. The average molecular weight is 216 g/mol. The normalized spacial score (nSPS) is 10.7. The van der Waals surface area contributed by atoms with Crippen molar-refractivity contribution in [3.05, 3.63) is 30.5 Å². The third-order valence-corrected chi connectivity index (χ3v) is 2.75. The molecule has 0 saturated heterocycles. The van der Waals surface area contributed by atoms with Gasteiger partial charge in [-0.25, -0.2) is 0 Å². The Morgan fingerprint density at radius 2 is 2.06 bits per heavy atom. The molecule has 0 amide bonds. The number of hydrogen-bond acceptors (Lipinski definition) is 2. The highest BCUT2D eigenvalue weighted by Crippen LogP contribution is 2.27. The van der Waals surface area contributed by atoms with Gasteiger partial charge in [0.05, 0.1) is 12.2 Å². The zero-order valence-corrected chi connectivity index (χ0v) is 9.90. The third kappa shape index (κ3) is 1.81. The molecule has 1 aromatic heterocycles. The summed E-state index contributed by atoms with van der Waals surface area (Å²) in [6, 6.07) is 8.21. The number of aromatic nitrogens is 1. The number of carbonyl (C=O) groups is 1. The van der Waals surface area contributed by atoms with Crippen molar-refractivity contribution in [1.82, 2.24) is 4.57 Å². The van der Waals surface area contributed by atoms with E-state index in [0.29, 0.717) is 6.54 Å². The summed E-state index contributed by atoms with van der Waals surface area (Å²) < 4.78 is 2.08. The molecule has 16 heavy (non-hydrogen) atoms. The van der Waals surface area contributed by atoms with Crippen LogP contribution in [0.4, 0.5) is 5.69 Å². The van der Waals surface area contributed by atoms with Crippen molar-refractivity contribution in [2.24, 2.45) is 7.05 Å². The molecule has 1 heterocycles. The Morgan fingerprint density at radius 1 is 1.38 bits per heavy atom. The molecule has 1 aromatic carbocycles. The number of benzene rings is 1. The van der Waals surface area contributed by atoms with Crippen LogP contribution in [0.5, 0.6) is 0 Å². The van der Waals surface area contributed by atoms with Gasteiger partial charge in [-0.05, 0) is 13.0 Å². The zero-order chi connectivity index (χ0) is 11.7. The molecule has 0 aliphatic heterocycles. The largest absolute Gasteiger partial charge is 0.366 e. The van der Waals surface area contributed by atoms with Gasteiger partial charge in [0, 0.05) is 31.2 Å². The van der Waals surface area contributed by atoms with Gasteiger partial charge in [-0.3, -0.25) is 4.79 Å². The van der Waals surface area contributed by atoms with Gasteiger partial charge in [0.2, 0.25) is 0 Å². The highest BCUT2D eigenvalue weighted by molar-refractivity contribution is 5.95. The molecule has 0 saturated carbocycles. The number of nitrogens with zero attached hydrogens (tertiary/aromatic N) is 2. The first kappa shape index (κ1) is 10.7. The third-order valence-electron chi connectivity index (χ3n) is 2.75. The van der Waals surface area contributed by atoms with Crippen molar-refractivity contribution >= 4 is 22.4 Å². The van der Waals surface area contributed by atoms with Gasteiger partial charge in [-0.1, -0.05) is 18.2 Å². The Labute approximate surface area is 95.3 Å². The van der Waals surface area contributed by atoms with E-state index in [1.807, 2.05) is 31.1 Å². The molecule has 0 fully saturated rings. The van der Waals surface area contributed by atoms with Crippen molar-refractivity contribution < 1.29 is 4.79 Å². The highest BCUT2D eigenvalue weighted by atomic mass is 16.1. The SMILES string of the molecule is CC(=O)CN(C)c1cn(C)c2ccccc12. The van der Waals surface area contributed by atoms with Crippen molar-refractivity contribution in [1.29, 1.82) is 0 Å². The minimum atomic E-state index is 0.176. The number of rotatable bonds is 3. The van der Waals surface area contributed by atoms with Crippen molar-refractivity contribution in [3.63, 3.8) is 0 Å². The maximum Gasteiger partial charge on any atom is 0.149 e. The smallest absolute Gasteiger partial charge is 0.149 e. The fourth-order valence-electron chi connectivity index (χ4n) is 2.04. The second-order valence-electron chi connectivity index (χ2n) is 4.20. The molecule has 0 aliphatic rings. The second-order valence-corrected chi connectivity index (χ2v) is 4.20. The van der Waals surface area contributed by atoms with Gasteiger partial charge in [0.25, 0.3) is 0 Å². The molecule has 3 nitrogen and oxygen atoms in total. The van der Waals surface area contributed by atoms with Crippen LogP contribution in [0.3, 0.4) is 0 Å². The van der Waals surface area contributed by atoms with Crippen LogP contribution in [0.1, 0.15) is 6.92 Å². The topological polar surface area (TPSA) is 25.2 Å². The molecule has 0 bridgehead atoms. The number of ketones is 1. The van der Waals surface area contributed by atoms with Crippen molar-refractivity contribution in [2.75, 3.05) is 18.5 Å². The van der Waals surface area contributed by atoms with E-state index in [9.17, 15) is 4.79 Å². The Balaban J connectivity index is 2.48. The fourth-order valence-corrected chi connectivity index (χ4v) is 2.04. The van der Waals surface area contributed by atoms with Crippen LogP contribution in [0.15, 0.2) is 30.5 Å².